The highest BCUT2D eigenvalue weighted by Crippen LogP contribution is 2.28. The molecular weight excluding hydrogens is 306 g/mol. The molecule has 3 rings (SSSR count). The number of aromatic nitrogens is 2. The van der Waals surface area contributed by atoms with Gasteiger partial charge in [0.05, 0.1) is 38.2 Å². The Morgan fingerprint density at radius 2 is 2.12 bits per heavy atom. The van der Waals surface area contributed by atoms with Gasteiger partial charge in [-0.15, -0.1) is 0 Å². The second-order valence-electron chi connectivity index (χ2n) is 6.07. The quantitative estimate of drug-likeness (QED) is 0.841. The lowest BCUT2D eigenvalue weighted by Crippen LogP contribution is -2.38. The first-order valence-electron chi connectivity index (χ1n) is 8.16. The van der Waals surface area contributed by atoms with Crippen molar-refractivity contribution in [3.05, 3.63) is 41.1 Å². The van der Waals surface area contributed by atoms with E-state index in [0.717, 1.165) is 48.1 Å². The highest BCUT2D eigenvalue weighted by molar-refractivity contribution is 5.32. The summed E-state index contributed by atoms with van der Waals surface area (Å²) >= 11 is 0. The van der Waals surface area contributed by atoms with Gasteiger partial charge >= 0.3 is 0 Å². The summed E-state index contributed by atoms with van der Waals surface area (Å²) in [6.45, 7) is 5.29. The number of morpholine rings is 1. The molecule has 0 aliphatic carbocycles. The number of nitrogens with zero attached hydrogens (tertiary/aromatic N) is 3. The molecule has 1 saturated heterocycles. The van der Waals surface area contributed by atoms with Crippen molar-refractivity contribution in [1.29, 1.82) is 0 Å². The lowest BCUT2D eigenvalue weighted by atomic mass is 10.1. The maximum absolute atomic E-state index is 5.97. The van der Waals surface area contributed by atoms with Crippen LogP contribution < -0.4 is 9.47 Å². The van der Waals surface area contributed by atoms with Crippen LogP contribution in [0.3, 0.4) is 0 Å². The molecule has 24 heavy (non-hydrogen) atoms. The summed E-state index contributed by atoms with van der Waals surface area (Å²) in [5, 5.41) is 4.46. The molecule has 0 bridgehead atoms. The highest BCUT2D eigenvalue weighted by atomic mass is 16.5. The van der Waals surface area contributed by atoms with Crippen molar-refractivity contribution in [1.82, 2.24) is 14.7 Å². The second-order valence-corrected chi connectivity index (χ2v) is 6.07. The first-order chi connectivity index (χ1) is 11.6. The Morgan fingerprint density at radius 3 is 2.88 bits per heavy atom. The highest BCUT2D eigenvalue weighted by Gasteiger charge is 2.25. The molecule has 1 aliphatic rings. The van der Waals surface area contributed by atoms with Crippen molar-refractivity contribution in [2.45, 2.75) is 19.6 Å². The standard InChI is InChI=1S/C18H25N3O3/c1-13-16(18(23-4)20(2)19-13)11-21-8-9-24-17(12-21)14-6-5-7-15(10-14)22-3/h5-7,10,17H,8-9,11-12H2,1-4H3. The zero-order chi connectivity index (χ0) is 17.1. The monoisotopic (exact) mass is 331 g/mol. The van der Waals surface area contributed by atoms with E-state index in [0.29, 0.717) is 6.61 Å². The molecule has 1 aliphatic heterocycles. The Balaban J connectivity index is 1.74. The maximum atomic E-state index is 5.97. The molecule has 1 atom stereocenters. The van der Waals surface area contributed by atoms with Crippen LogP contribution in [-0.4, -0.2) is 48.6 Å². The molecule has 1 unspecified atom stereocenters. The van der Waals surface area contributed by atoms with E-state index < -0.39 is 0 Å². The Morgan fingerprint density at radius 1 is 1.29 bits per heavy atom. The Labute approximate surface area is 142 Å². The molecule has 1 fully saturated rings. The van der Waals surface area contributed by atoms with Gasteiger partial charge in [0, 0.05) is 26.7 Å². The summed E-state index contributed by atoms with van der Waals surface area (Å²) in [5.41, 5.74) is 3.30. The number of rotatable bonds is 5. The van der Waals surface area contributed by atoms with E-state index in [4.69, 9.17) is 14.2 Å². The predicted octanol–water partition coefficient (Wildman–Crippen LogP) is 2.32. The number of benzene rings is 1. The van der Waals surface area contributed by atoms with Gasteiger partial charge in [-0.05, 0) is 24.6 Å². The van der Waals surface area contributed by atoms with E-state index in [9.17, 15) is 0 Å². The van der Waals surface area contributed by atoms with Gasteiger partial charge in [0.25, 0.3) is 0 Å². The first-order valence-corrected chi connectivity index (χ1v) is 8.16. The van der Waals surface area contributed by atoms with E-state index in [1.165, 1.54) is 0 Å². The third-order valence-electron chi connectivity index (χ3n) is 4.48. The molecule has 0 saturated carbocycles. The van der Waals surface area contributed by atoms with Gasteiger partial charge in [0.1, 0.15) is 5.75 Å². The van der Waals surface area contributed by atoms with Crippen LogP contribution in [0.25, 0.3) is 0 Å². The average molecular weight is 331 g/mol. The largest absolute Gasteiger partial charge is 0.497 e. The third-order valence-corrected chi connectivity index (χ3v) is 4.48. The molecular formula is C18H25N3O3. The van der Waals surface area contributed by atoms with Crippen molar-refractivity contribution in [3.8, 4) is 11.6 Å². The minimum absolute atomic E-state index is 0.0526. The van der Waals surface area contributed by atoms with Gasteiger partial charge in [-0.2, -0.15) is 5.10 Å². The molecule has 0 spiro atoms. The van der Waals surface area contributed by atoms with Crippen molar-refractivity contribution >= 4 is 0 Å². The molecule has 130 valence electrons. The summed E-state index contributed by atoms with van der Waals surface area (Å²) in [6.07, 6.45) is 0.0526. The number of hydrogen-bond acceptors (Lipinski definition) is 5. The summed E-state index contributed by atoms with van der Waals surface area (Å²) < 4.78 is 18.6. The average Bonchev–Trinajstić information content (AvgIpc) is 2.88. The molecule has 2 aromatic rings. The summed E-state index contributed by atoms with van der Waals surface area (Å²) in [5.74, 6) is 1.69. The Kier molecular flexibility index (Phi) is 5.06. The molecule has 0 N–H and O–H groups in total. The molecule has 6 nitrogen and oxygen atoms in total. The van der Waals surface area contributed by atoms with Gasteiger partial charge in [0.2, 0.25) is 5.88 Å². The normalized spacial score (nSPS) is 18.6. The van der Waals surface area contributed by atoms with E-state index in [1.807, 2.05) is 32.2 Å². The molecule has 6 heteroatoms. The summed E-state index contributed by atoms with van der Waals surface area (Å²) in [4.78, 5) is 2.39. The van der Waals surface area contributed by atoms with Gasteiger partial charge in [-0.25, -0.2) is 4.68 Å². The molecule has 2 heterocycles. The van der Waals surface area contributed by atoms with Crippen molar-refractivity contribution in [2.24, 2.45) is 7.05 Å². The number of hydrogen-bond donors (Lipinski definition) is 0. The lowest BCUT2D eigenvalue weighted by molar-refractivity contribution is -0.0332. The number of aryl methyl sites for hydroxylation is 2. The maximum Gasteiger partial charge on any atom is 0.216 e. The lowest BCUT2D eigenvalue weighted by Gasteiger charge is -2.33. The van der Waals surface area contributed by atoms with Crippen LogP contribution in [-0.2, 0) is 18.3 Å². The second kappa shape index (κ2) is 7.23. The van der Waals surface area contributed by atoms with E-state index >= 15 is 0 Å². The summed E-state index contributed by atoms with van der Waals surface area (Å²) in [6, 6.07) is 8.09. The van der Waals surface area contributed by atoms with Crippen LogP contribution in [0, 0.1) is 6.92 Å². The smallest absolute Gasteiger partial charge is 0.216 e. The van der Waals surface area contributed by atoms with Crippen LogP contribution in [0.15, 0.2) is 24.3 Å². The minimum atomic E-state index is 0.0526. The molecule has 1 aromatic heterocycles. The minimum Gasteiger partial charge on any atom is -0.497 e. The zero-order valence-electron chi connectivity index (χ0n) is 14.8. The van der Waals surface area contributed by atoms with Crippen LogP contribution in [0.1, 0.15) is 22.9 Å². The van der Waals surface area contributed by atoms with Crippen LogP contribution in [0.4, 0.5) is 0 Å². The van der Waals surface area contributed by atoms with Crippen LogP contribution >= 0.6 is 0 Å². The van der Waals surface area contributed by atoms with Crippen LogP contribution in [0.2, 0.25) is 0 Å². The third kappa shape index (κ3) is 3.39. The van der Waals surface area contributed by atoms with Gasteiger partial charge in [-0.1, -0.05) is 12.1 Å². The van der Waals surface area contributed by atoms with Gasteiger partial charge in [0.15, 0.2) is 0 Å². The van der Waals surface area contributed by atoms with E-state index in [-0.39, 0.29) is 6.10 Å². The predicted molar refractivity (Wildman–Crippen MR) is 91.5 cm³/mol. The summed E-state index contributed by atoms with van der Waals surface area (Å²) in [7, 11) is 5.29. The first kappa shape index (κ1) is 16.8. The number of ether oxygens (including phenoxy) is 3. The fourth-order valence-corrected chi connectivity index (χ4v) is 3.23. The SMILES string of the molecule is COc1cccc(C2CN(Cc3c(C)nn(C)c3OC)CCO2)c1. The van der Waals surface area contributed by atoms with E-state index in [2.05, 4.69) is 16.1 Å². The fourth-order valence-electron chi connectivity index (χ4n) is 3.23. The molecule has 0 radical (unpaired) electrons. The molecule has 0 amide bonds. The topological polar surface area (TPSA) is 48.8 Å². The van der Waals surface area contributed by atoms with Crippen LogP contribution in [0.5, 0.6) is 11.6 Å². The Bertz CT molecular complexity index is 699. The van der Waals surface area contributed by atoms with Crippen molar-refractivity contribution < 1.29 is 14.2 Å². The molecule has 1 aromatic carbocycles. The van der Waals surface area contributed by atoms with E-state index in [1.54, 1.807) is 18.9 Å². The number of methoxy groups -OCH3 is 2. The zero-order valence-corrected chi connectivity index (χ0v) is 14.8. The van der Waals surface area contributed by atoms with Crippen molar-refractivity contribution in [3.63, 3.8) is 0 Å². The van der Waals surface area contributed by atoms with Crippen molar-refractivity contribution in [2.75, 3.05) is 33.9 Å². The fraction of sp³-hybridized carbons (Fsp3) is 0.500. The van der Waals surface area contributed by atoms with Gasteiger partial charge in [-0.3, -0.25) is 4.90 Å². The van der Waals surface area contributed by atoms with Gasteiger partial charge < -0.3 is 14.2 Å². The Hall–Kier alpha value is -2.05.